The second-order valence-electron chi connectivity index (χ2n) is 23.0. The van der Waals surface area contributed by atoms with Crippen molar-refractivity contribution in [1.82, 2.24) is 0 Å². The molecule has 392 valence electrons. The molecule has 8 saturated heterocycles. The van der Waals surface area contributed by atoms with E-state index in [-0.39, 0.29) is 42.7 Å². The molecule has 68 heavy (non-hydrogen) atoms. The number of rotatable bonds is 12. The molecule has 0 aromatic carbocycles. The van der Waals surface area contributed by atoms with Gasteiger partial charge in [0.2, 0.25) is 0 Å². The standard InChI is InChI=1S/C50H84O18/c1-24-20-25(2)48(10,56)65-40(24)34-21-35(61-38-14-12-31(51)29(6)59-38)45(62-34)47(9)17-16-36(64-47)46(8)18-19-49(68-46)22-33(53)26(3)41(66-49)27(4)42-44(58-11)43(28(5)50(57,67-42)23-37(54)55)63-39-15-13-32(52)30(7)60-39/h24-36,38-45,51-53,56-57H,12-23H2,1-11H3,(H,54,55). The summed E-state index contributed by atoms with van der Waals surface area (Å²) in [4.78, 5) is 12.2. The van der Waals surface area contributed by atoms with Crippen LogP contribution >= 0.6 is 0 Å². The molecule has 8 aliphatic rings. The molecule has 0 aromatic heterocycles. The molecule has 8 fully saturated rings. The second-order valence-corrected chi connectivity index (χ2v) is 23.0. The fourth-order valence-corrected chi connectivity index (χ4v) is 13.1. The Bertz CT molecular complexity index is 1740. The van der Waals surface area contributed by atoms with E-state index in [1.165, 1.54) is 7.11 Å². The number of carbonyl (C=O) groups is 1. The Labute approximate surface area is 402 Å². The van der Waals surface area contributed by atoms with Crippen molar-refractivity contribution in [3.63, 3.8) is 0 Å². The Morgan fingerprint density at radius 1 is 0.721 bits per heavy atom. The Balaban J connectivity index is 0.993. The highest BCUT2D eigenvalue weighted by atomic mass is 16.7. The maximum absolute atomic E-state index is 12.2. The summed E-state index contributed by atoms with van der Waals surface area (Å²) in [6.45, 7) is 19.0. The Hall–Kier alpha value is -1.17. The van der Waals surface area contributed by atoms with Crippen molar-refractivity contribution in [3.05, 3.63) is 0 Å². The topological polar surface area (TPSA) is 240 Å². The van der Waals surface area contributed by atoms with Gasteiger partial charge in [0.05, 0.1) is 90.9 Å². The molecule has 8 rings (SSSR count). The molecule has 0 radical (unpaired) electrons. The maximum atomic E-state index is 12.2. The highest BCUT2D eigenvalue weighted by Crippen LogP contribution is 2.55. The molecule has 26 unspecified atom stereocenters. The van der Waals surface area contributed by atoms with Crippen molar-refractivity contribution in [1.29, 1.82) is 0 Å². The minimum Gasteiger partial charge on any atom is -0.481 e. The van der Waals surface area contributed by atoms with Crippen LogP contribution in [-0.4, -0.2) is 170 Å². The van der Waals surface area contributed by atoms with E-state index in [0.717, 1.165) is 6.42 Å². The first-order valence-corrected chi connectivity index (χ1v) is 25.7. The lowest BCUT2D eigenvalue weighted by molar-refractivity contribution is -0.377. The van der Waals surface area contributed by atoms with Crippen molar-refractivity contribution < 1.29 is 87.5 Å². The maximum Gasteiger partial charge on any atom is 0.308 e. The van der Waals surface area contributed by atoms with Gasteiger partial charge in [-0.1, -0.05) is 34.6 Å². The van der Waals surface area contributed by atoms with Gasteiger partial charge in [0.1, 0.15) is 12.2 Å². The van der Waals surface area contributed by atoms with Gasteiger partial charge in [-0.3, -0.25) is 4.79 Å². The van der Waals surface area contributed by atoms with Crippen LogP contribution in [0.1, 0.15) is 146 Å². The number of methoxy groups -OCH3 is 1. The van der Waals surface area contributed by atoms with Crippen LogP contribution in [0.4, 0.5) is 0 Å². The molecule has 0 bridgehead atoms. The van der Waals surface area contributed by atoms with Gasteiger partial charge in [0.25, 0.3) is 0 Å². The summed E-state index contributed by atoms with van der Waals surface area (Å²) < 4.78 is 72.7. The molecule has 26 atom stereocenters. The van der Waals surface area contributed by atoms with E-state index in [2.05, 4.69) is 13.8 Å². The Kier molecular flexibility index (Phi) is 15.6. The molecule has 8 aliphatic heterocycles. The third-order valence-electron chi connectivity index (χ3n) is 17.8. The smallest absolute Gasteiger partial charge is 0.308 e. The van der Waals surface area contributed by atoms with Gasteiger partial charge in [0, 0.05) is 62.9 Å². The number of hydrogen-bond acceptors (Lipinski definition) is 17. The fraction of sp³-hybridized carbons (Fsp3) is 0.980. The highest BCUT2D eigenvalue weighted by molar-refractivity contribution is 5.68. The first-order valence-electron chi connectivity index (χ1n) is 25.7. The number of aliphatic carboxylic acids is 1. The van der Waals surface area contributed by atoms with Gasteiger partial charge in [-0.2, -0.15) is 0 Å². The summed E-state index contributed by atoms with van der Waals surface area (Å²) in [5.74, 6) is -7.68. The molecule has 1 spiro atoms. The van der Waals surface area contributed by atoms with Crippen molar-refractivity contribution in [2.45, 2.75) is 273 Å². The minimum absolute atomic E-state index is 0.0466. The molecular formula is C50H84O18. The molecule has 0 saturated carbocycles. The van der Waals surface area contributed by atoms with E-state index in [9.17, 15) is 35.4 Å². The van der Waals surface area contributed by atoms with Gasteiger partial charge >= 0.3 is 5.97 Å². The van der Waals surface area contributed by atoms with Gasteiger partial charge in [-0.15, -0.1) is 0 Å². The van der Waals surface area contributed by atoms with Gasteiger partial charge in [-0.05, 0) is 79.1 Å². The lowest BCUT2D eigenvalue weighted by atomic mass is 9.75. The Morgan fingerprint density at radius 2 is 1.37 bits per heavy atom. The summed E-state index contributed by atoms with van der Waals surface area (Å²) >= 11 is 0. The van der Waals surface area contributed by atoms with Crippen LogP contribution in [0, 0.1) is 29.6 Å². The van der Waals surface area contributed by atoms with Crippen LogP contribution in [0.5, 0.6) is 0 Å². The van der Waals surface area contributed by atoms with E-state index < -0.39 is 132 Å². The number of carboxylic acid groups (broad SMARTS) is 1. The lowest BCUT2D eigenvalue weighted by Gasteiger charge is -2.54. The van der Waals surface area contributed by atoms with Gasteiger partial charge in [-0.25, -0.2) is 0 Å². The van der Waals surface area contributed by atoms with E-state index in [0.29, 0.717) is 57.8 Å². The minimum atomic E-state index is -2.15. The molecular weight excluding hydrogens is 889 g/mol. The van der Waals surface area contributed by atoms with Crippen molar-refractivity contribution >= 4 is 5.97 Å². The van der Waals surface area contributed by atoms with Crippen LogP contribution in [0.15, 0.2) is 0 Å². The summed E-state index contributed by atoms with van der Waals surface area (Å²) in [5, 5.41) is 65.8. The highest BCUT2D eigenvalue weighted by Gasteiger charge is 2.64. The summed E-state index contributed by atoms with van der Waals surface area (Å²) in [6.07, 6.45) is -4.52. The monoisotopic (exact) mass is 973 g/mol. The van der Waals surface area contributed by atoms with E-state index in [1.807, 2.05) is 34.6 Å². The second kappa shape index (κ2) is 19.9. The summed E-state index contributed by atoms with van der Waals surface area (Å²) in [5.41, 5.74) is -1.64. The molecule has 8 heterocycles. The zero-order chi connectivity index (χ0) is 49.5. The summed E-state index contributed by atoms with van der Waals surface area (Å²) in [6, 6.07) is 0. The van der Waals surface area contributed by atoms with Crippen LogP contribution in [-0.2, 0) is 56.9 Å². The first-order chi connectivity index (χ1) is 31.8. The zero-order valence-corrected chi connectivity index (χ0v) is 42.2. The SMILES string of the molecule is COC1C(C(C)C2OC3(CCC(C)(C4CCC(C)(C5OC(C6OC(C)(O)C(C)CC6C)CC5OC5CCC(O)C(C)O5)O4)O3)CC(O)C2C)OC(O)(CC(=O)O)C(C)C1OC1CCC(O)C(C)O1. The third-order valence-corrected chi connectivity index (χ3v) is 17.8. The molecule has 18 heteroatoms. The predicted octanol–water partition coefficient (Wildman–Crippen LogP) is 4.29. The summed E-state index contributed by atoms with van der Waals surface area (Å²) in [7, 11) is 1.52. The van der Waals surface area contributed by atoms with Crippen LogP contribution in [0.3, 0.4) is 0 Å². The van der Waals surface area contributed by atoms with E-state index in [4.69, 9.17) is 52.1 Å². The Morgan fingerprint density at radius 3 is 1.99 bits per heavy atom. The predicted molar refractivity (Wildman–Crippen MR) is 240 cm³/mol. The average molecular weight is 973 g/mol. The lowest BCUT2D eigenvalue weighted by Crippen LogP contribution is -2.66. The largest absolute Gasteiger partial charge is 0.481 e. The molecule has 0 aliphatic carbocycles. The quantitative estimate of drug-likeness (QED) is 0.160. The molecule has 0 amide bonds. The fourth-order valence-electron chi connectivity index (χ4n) is 13.1. The average Bonchev–Trinajstić information content (AvgIpc) is 3.98. The first kappa shape index (κ1) is 53.1. The van der Waals surface area contributed by atoms with Crippen molar-refractivity contribution in [3.8, 4) is 0 Å². The van der Waals surface area contributed by atoms with E-state index >= 15 is 0 Å². The van der Waals surface area contributed by atoms with Crippen LogP contribution in [0.25, 0.3) is 0 Å². The number of aliphatic hydroxyl groups is 5. The molecule has 0 aromatic rings. The number of carboxylic acids is 1. The van der Waals surface area contributed by atoms with E-state index in [1.54, 1.807) is 20.8 Å². The zero-order valence-electron chi connectivity index (χ0n) is 42.2. The molecule has 6 N–H and O–H groups in total. The van der Waals surface area contributed by atoms with Crippen LogP contribution in [0.2, 0.25) is 0 Å². The van der Waals surface area contributed by atoms with Crippen molar-refractivity contribution in [2.75, 3.05) is 7.11 Å². The normalized spacial score (nSPS) is 55.1. The van der Waals surface area contributed by atoms with Gasteiger partial charge in [0.15, 0.2) is 29.9 Å². The number of ether oxygens (including phenoxy) is 11. The molecule has 18 nitrogen and oxygen atoms in total. The van der Waals surface area contributed by atoms with Gasteiger partial charge < -0.3 is 82.7 Å². The number of hydrogen-bond donors (Lipinski definition) is 6. The van der Waals surface area contributed by atoms with Crippen LogP contribution < -0.4 is 0 Å². The third kappa shape index (κ3) is 10.3. The number of aliphatic hydroxyl groups excluding tert-OH is 3. The van der Waals surface area contributed by atoms with Crippen molar-refractivity contribution in [2.24, 2.45) is 29.6 Å².